The molecule has 75 heavy (non-hydrogen) atoms. The van der Waals surface area contributed by atoms with E-state index in [9.17, 15) is 24.0 Å². The van der Waals surface area contributed by atoms with E-state index in [0.717, 1.165) is 16.8 Å². The summed E-state index contributed by atoms with van der Waals surface area (Å²) in [6.07, 6.45) is 8.83. The van der Waals surface area contributed by atoms with E-state index in [4.69, 9.17) is 20.1 Å². The van der Waals surface area contributed by atoms with Crippen LogP contribution in [-0.4, -0.2) is 68.7 Å². The van der Waals surface area contributed by atoms with Gasteiger partial charge in [0.25, 0.3) is 11.8 Å². The zero-order valence-electron chi connectivity index (χ0n) is 44.2. The number of hydrogen-bond donors (Lipinski definition) is 6. The predicted octanol–water partition coefficient (Wildman–Crippen LogP) is 12.9. The third kappa shape index (κ3) is 31.7. The number of nitrogens with zero attached hydrogens (tertiary/aromatic N) is 1. The van der Waals surface area contributed by atoms with Crippen molar-refractivity contribution >= 4 is 70.0 Å². The number of carboxylic acids is 1. The Bertz CT molecular complexity index is 2810. The summed E-state index contributed by atoms with van der Waals surface area (Å²) in [4.78, 5) is 57.9. The van der Waals surface area contributed by atoms with Crippen LogP contribution >= 0.6 is 0 Å². The molecule has 0 unspecified atom stereocenters. The molecule has 1 aromatic heterocycles. The van der Waals surface area contributed by atoms with Crippen LogP contribution in [-0.2, 0) is 23.9 Å². The molecule has 6 aromatic rings. The highest BCUT2D eigenvalue weighted by atomic mass is 16.6. The van der Waals surface area contributed by atoms with E-state index in [1.165, 1.54) is 28.5 Å². The molecular weight excluding hydrogens is 945 g/mol. The summed E-state index contributed by atoms with van der Waals surface area (Å²) in [5.41, 5.74) is 6.41. The largest absolute Gasteiger partial charge is 0.508 e. The van der Waals surface area contributed by atoms with Gasteiger partial charge in [0.1, 0.15) is 11.4 Å². The molecular formula is C62H72N4O9. The van der Waals surface area contributed by atoms with Crippen LogP contribution in [0.2, 0.25) is 0 Å². The summed E-state index contributed by atoms with van der Waals surface area (Å²) in [7, 11) is 0. The number of aliphatic hydroxyl groups is 1. The Morgan fingerprint density at radius 1 is 0.560 bits per heavy atom. The molecule has 0 fully saturated rings. The normalized spacial score (nSPS) is 9.39. The number of amides is 3. The van der Waals surface area contributed by atoms with Gasteiger partial charge in [0.2, 0.25) is 5.91 Å². The fraction of sp³-hybridized carbons (Fsp3) is 0.161. The zero-order valence-corrected chi connectivity index (χ0v) is 44.2. The van der Waals surface area contributed by atoms with Crippen molar-refractivity contribution in [3.63, 3.8) is 0 Å². The minimum Gasteiger partial charge on any atom is -0.508 e. The van der Waals surface area contributed by atoms with Crippen LogP contribution in [0.3, 0.4) is 0 Å². The number of carbonyl (C=O) groups is 5. The summed E-state index contributed by atoms with van der Waals surface area (Å²) >= 11 is 0. The summed E-state index contributed by atoms with van der Waals surface area (Å²) in [5, 5.41) is 36.1. The highest BCUT2D eigenvalue weighted by Crippen LogP contribution is 2.16. The lowest BCUT2D eigenvalue weighted by Crippen LogP contribution is -2.26. The number of nitrogens with one attached hydrogen (secondary N) is 3. The molecule has 13 nitrogen and oxygen atoms in total. The highest BCUT2D eigenvalue weighted by molar-refractivity contribution is 6.03. The number of phenolic OH excluding ortho intramolecular Hbond substituents is 1. The van der Waals surface area contributed by atoms with Gasteiger partial charge in [-0.25, -0.2) is 9.59 Å². The molecule has 0 atom stereocenters. The Balaban J connectivity index is 0.000000857. The van der Waals surface area contributed by atoms with Crippen molar-refractivity contribution in [3.8, 4) is 5.75 Å². The van der Waals surface area contributed by atoms with Crippen LogP contribution < -0.4 is 16.0 Å². The van der Waals surface area contributed by atoms with E-state index in [-0.39, 0.29) is 36.0 Å². The first-order valence-corrected chi connectivity index (χ1v) is 23.2. The number of fused-ring (bicyclic) bond motifs is 1. The van der Waals surface area contributed by atoms with Gasteiger partial charge in [-0.2, -0.15) is 0 Å². The van der Waals surface area contributed by atoms with Gasteiger partial charge in [0, 0.05) is 52.6 Å². The van der Waals surface area contributed by atoms with Gasteiger partial charge in [-0.15, -0.1) is 0 Å². The molecule has 1 heterocycles. The molecule has 0 aliphatic rings. The van der Waals surface area contributed by atoms with Crippen LogP contribution in [0.15, 0.2) is 214 Å². The van der Waals surface area contributed by atoms with Crippen LogP contribution in [0, 0.1) is 0 Å². The molecule has 0 aliphatic carbocycles. The summed E-state index contributed by atoms with van der Waals surface area (Å²) < 4.78 is 4.96. The number of aliphatic hydroxyl groups excluding tert-OH is 1. The number of pyridine rings is 1. The molecule has 3 amide bonds. The number of aromatic hydroxyl groups is 1. The van der Waals surface area contributed by atoms with E-state index >= 15 is 0 Å². The maximum Gasteiger partial charge on any atom is 0.335 e. The number of para-hydroxylation sites is 1. The van der Waals surface area contributed by atoms with Gasteiger partial charge in [0.05, 0.1) is 12.2 Å². The first kappa shape index (κ1) is 65.8. The Kier molecular flexibility index (Phi) is 32.2. The SMILES string of the molecule is C=C(C)C(=O)NCCO.C=C(C)C(=O)Nc1ccc(O)cc1.C=C(C)C(=O)Nc1ccccc1.C=C(C)C(=O)OC(C)(C)C.C=Cc1ccc(C(=O)O)cc1.C=Cc1ccc2ccccc2c1.C=Cc1ccncc1. The van der Waals surface area contributed by atoms with E-state index in [2.05, 4.69) is 109 Å². The fourth-order valence-corrected chi connectivity index (χ4v) is 4.82. The van der Waals surface area contributed by atoms with Crippen molar-refractivity contribution in [2.45, 2.75) is 54.1 Å². The van der Waals surface area contributed by atoms with Crippen molar-refractivity contribution in [1.82, 2.24) is 10.3 Å². The van der Waals surface area contributed by atoms with Gasteiger partial charge in [-0.05, 0) is 143 Å². The molecule has 0 aliphatic heterocycles. The number of hydrogen-bond acceptors (Lipinski definition) is 9. The number of carboxylic acid groups (broad SMARTS) is 1. The predicted molar refractivity (Wildman–Crippen MR) is 309 cm³/mol. The van der Waals surface area contributed by atoms with Crippen molar-refractivity contribution < 1.29 is 44.0 Å². The lowest BCUT2D eigenvalue weighted by atomic mass is 10.1. The maximum atomic E-state index is 11.1. The third-order valence-electron chi connectivity index (χ3n) is 8.81. The van der Waals surface area contributed by atoms with Gasteiger partial charge in [-0.1, -0.05) is 131 Å². The topological polar surface area (TPSA) is 204 Å². The molecule has 0 spiro atoms. The van der Waals surface area contributed by atoms with Gasteiger partial charge in [0.15, 0.2) is 0 Å². The second-order valence-electron chi connectivity index (χ2n) is 16.9. The van der Waals surface area contributed by atoms with E-state index in [1.807, 2.05) is 69.3 Å². The number of aromatic nitrogens is 1. The van der Waals surface area contributed by atoms with Gasteiger partial charge < -0.3 is 36.0 Å². The molecule has 6 N–H and O–H groups in total. The monoisotopic (exact) mass is 1020 g/mol. The zero-order chi connectivity index (χ0) is 56.9. The Morgan fingerprint density at radius 3 is 1.40 bits per heavy atom. The van der Waals surface area contributed by atoms with Crippen LogP contribution in [0.25, 0.3) is 29.0 Å². The first-order chi connectivity index (χ1) is 35.4. The second-order valence-corrected chi connectivity index (χ2v) is 16.9. The summed E-state index contributed by atoms with van der Waals surface area (Å²) in [5.74, 6) is -1.61. The second kappa shape index (κ2) is 36.7. The fourth-order valence-electron chi connectivity index (χ4n) is 4.82. The molecule has 5 aromatic carbocycles. The van der Waals surface area contributed by atoms with Crippen LogP contribution in [0.5, 0.6) is 5.75 Å². The number of rotatable bonds is 12. The number of ether oxygens (including phenoxy) is 1. The number of phenols is 1. The molecule has 394 valence electrons. The lowest BCUT2D eigenvalue weighted by molar-refractivity contribution is -0.149. The molecule has 0 bridgehead atoms. The Morgan fingerprint density at radius 2 is 1.00 bits per heavy atom. The van der Waals surface area contributed by atoms with E-state index in [0.29, 0.717) is 40.1 Å². The molecule has 13 heteroatoms. The van der Waals surface area contributed by atoms with Crippen molar-refractivity contribution in [2.75, 3.05) is 23.8 Å². The molecule has 6 rings (SSSR count). The van der Waals surface area contributed by atoms with Gasteiger partial charge >= 0.3 is 11.9 Å². The van der Waals surface area contributed by atoms with Crippen LogP contribution in [0.4, 0.5) is 11.4 Å². The maximum absolute atomic E-state index is 11.1. The average Bonchev–Trinajstić information content (AvgIpc) is 3.39. The average molecular weight is 1020 g/mol. The number of aromatic carboxylic acids is 1. The quantitative estimate of drug-likeness (QED) is 0.0389. The van der Waals surface area contributed by atoms with Crippen molar-refractivity contribution in [3.05, 3.63) is 236 Å². The van der Waals surface area contributed by atoms with Crippen LogP contribution in [0.1, 0.15) is 75.5 Å². The number of benzene rings is 5. The number of esters is 1. The highest BCUT2D eigenvalue weighted by Gasteiger charge is 2.16. The minimum atomic E-state index is -0.902. The molecule has 0 saturated heterocycles. The molecule has 0 saturated carbocycles. The Labute approximate surface area is 442 Å². The number of carbonyl (C=O) groups excluding carboxylic acids is 4. The van der Waals surface area contributed by atoms with Crippen molar-refractivity contribution in [2.24, 2.45) is 0 Å². The van der Waals surface area contributed by atoms with E-state index in [1.54, 1.807) is 88.6 Å². The third-order valence-corrected chi connectivity index (χ3v) is 8.81. The molecule has 0 radical (unpaired) electrons. The van der Waals surface area contributed by atoms with Gasteiger partial charge in [-0.3, -0.25) is 19.4 Å². The standard InChI is InChI=1S/C12H10.C10H11NO2.C10H11NO.C9H8O2.C8H14O2.C7H7N.C6H11NO2/c1-2-10-7-8-11-5-3-4-6-12(11)9-10;1-7(2)10(13)11-8-3-5-9(12)6-4-8;1-8(2)10(12)11-9-6-4-3-5-7-9;1-2-7-3-5-8(6-4-7)9(10)11;1-6(2)7(9)10-8(3,4)5;1-2-7-3-5-8-6-4-7;1-5(2)6(9)7-3-4-8/h2-9H,1H2;3-6,12H,1H2,2H3,(H,11,13);3-7H,1H2,2H3,(H,11,12);2-6H,1H2,(H,10,11);1H2,2-5H3;2-6H,1H2;8H,1,3-4H2,2H3,(H,7,9). The first-order valence-electron chi connectivity index (χ1n) is 23.2. The summed E-state index contributed by atoms with van der Waals surface area (Å²) in [6, 6.07) is 40.6. The number of anilines is 2. The van der Waals surface area contributed by atoms with Crippen molar-refractivity contribution in [1.29, 1.82) is 0 Å². The van der Waals surface area contributed by atoms with E-state index < -0.39 is 11.6 Å². The Hall–Kier alpha value is -9.20. The smallest absolute Gasteiger partial charge is 0.335 e. The summed E-state index contributed by atoms with van der Waals surface area (Å²) in [6.45, 7) is 37.1. The lowest BCUT2D eigenvalue weighted by Gasteiger charge is -2.19. The minimum absolute atomic E-state index is 0.0288.